The third-order valence-electron chi connectivity index (χ3n) is 4.33. The van der Waals surface area contributed by atoms with Gasteiger partial charge in [-0.3, -0.25) is 10.1 Å². The molecular weight excluding hydrogens is 276 g/mol. The number of nitrogens with one attached hydrogen (secondary N) is 3. The highest BCUT2D eigenvalue weighted by atomic mass is 16.2. The molecule has 1 fully saturated rings. The number of hydrogen-bond acceptors (Lipinski definition) is 4. The molecule has 22 heavy (non-hydrogen) atoms. The van der Waals surface area contributed by atoms with E-state index in [9.17, 15) is 4.79 Å². The molecule has 0 aromatic heterocycles. The Morgan fingerprint density at radius 2 is 2.00 bits per heavy atom. The van der Waals surface area contributed by atoms with Crippen LogP contribution < -0.4 is 16.1 Å². The summed E-state index contributed by atoms with van der Waals surface area (Å²) in [5.74, 6) is 0.0409. The number of carbonyl (C=O) groups is 1. The number of benzene rings is 2. The van der Waals surface area contributed by atoms with Crippen LogP contribution in [0.5, 0.6) is 0 Å². The summed E-state index contributed by atoms with van der Waals surface area (Å²) in [6, 6.07) is 14.5. The fraction of sp³-hybridized carbons (Fsp3) is 0.235. The average molecular weight is 294 g/mol. The molecule has 5 nitrogen and oxygen atoms in total. The average Bonchev–Trinajstić information content (AvgIpc) is 3.00. The summed E-state index contributed by atoms with van der Waals surface area (Å²) in [5, 5.41) is 10.6. The summed E-state index contributed by atoms with van der Waals surface area (Å²) >= 11 is 0. The summed E-state index contributed by atoms with van der Waals surface area (Å²) in [6.07, 6.45) is 0.480. The van der Waals surface area contributed by atoms with E-state index in [2.05, 4.69) is 40.3 Å². The van der Waals surface area contributed by atoms with Gasteiger partial charge < -0.3 is 5.32 Å². The third kappa shape index (κ3) is 2.06. The first-order valence-electron chi connectivity index (χ1n) is 7.47. The van der Waals surface area contributed by atoms with Crippen LogP contribution in [0.4, 0.5) is 0 Å². The van der Waals surface area contributed by atoms with E-state index in [0.29, 0.717) is 13.1 Å². The Hall–Kier alpha value is -2.37. The number of hydrazine groups is 1. The minimum absolute atomic E-state index is 0.0409. The van der Waals surface area contributed by atoms with Gasteiger partial charge in [0.1, 0.15) is 0 Å². The van der Waals surface area contributed by atoms with Gasteiger partial charge >= 0.3 is 0 Å². The van der Waals surface area contributed by atoms with Crippen molar-refractivity contribution in [1.29, 1.82) is 0 Å². The molecule has 1 unspecified atom stereocenters. The van der Waals surface area contributed by atoms with Crippen molar-refractivity contribution < 1.29 is 4.79 Å². The van der Waals surface area contributed by atoms with Crippen LogP contribution >= 0.6 is 0 Å². The second kappa shape index (κ2) is 5.12. The Labute approximate surface area is 129 Å². The Kier molecular flexibility index (Phi) is 3.10. The van der Waals surface area contributed by atoms with Crippen molar-refractivity contribution in [2.75, 3.05) is 6.67 Å². The van der Waals surface area contributed by atoms with E-state index in [1.807, 2.05) is 25.1 Å². The number of rotatable bonds is 2. The zero-order valence-electron chi connectivity index (χ0n) is 12.4. The zero-order valence-corrected chi connectivity index (χ0v) is 12.4. The number of fused-ring (bicyclic) bond motifs is 2. The highest BCUT2D eigenvalue weighted by Crippen LogP contribution is 2.24. The molecule has 2 aromatic rings. The molecule has 0 saturated carbocycles. The molecule has 2 aliphatic heterocycles. The molecule has 0 bridgehead atoms. The van der Waals surface area contributed by atoms with Gasteiger partial charge in [0.05, 0.1) is 6.67 Å². The lowest BCUT2D eigenvalue weighted by atomic mass is 9.96. The first-order valence-corrected chi connectivity index (χ1v) is 7.47. The topological polar surface area (TPSA) is 56.4 Å². The van der Waals surface area contributed by atoms with E-state index in [0.717, 1.165) is 11.3 Å². The van der Waals surface area contributed by atoms with Gasteiger partial charge in [0.15, 0.2) is 6.29 Å². The van der Waals surface area contributed by atoms with Crippen molar-refractivity contribution in [3.8, 4) is 0 Å². The van der Waals surface area contributed by atoms with Crippen molar-refractivity contribution in [2.24, 2.45) is 0 Å². The quantitative estimate of drug-likeness (QED) is 0.784. The first-order chi connectivity index (χ1) is 10.7. The Balaban J connectivity index is 1.73. The van der Waals surface area contributed by atoms with Crippen molar-refractivity contribution in [3.63, 3.8) is 0 Å². The summed E-state index contributed by atoms with van der Waals surface area (Å²) in [4.78, 5) is 12.7. The molecule has 0 aliphatic carbocycles. The normalized spacial score (nSPS) is 21.2. The van der Waals surface area contributed by atoms with E-state index in [-0.39, 0.29) is 12.2 Å². The van der Waals surface area contributed by atoms with Gasteiger partial charge in [-0.1, -0.05) is 42.5 Å². The second-order valence-electron chi connectivity index (χ2n) is 5.68. The molecule has 1 saturated heterocycles. The predicted octanol–water partition coefficient (Wildman–Crippen LogP) is 1.44. The summed E-state index contributed by atoms with van der Waals surface area (Å²) in [7, 11) is 0. The van der Waals surface area contributed by atoms with Gasteiger partial charge in [-0.2, -0.15) is 0 Å². The molecule has 4 rings (SSSR count). The fourth-order valence-corrected chi connectivity index (χ4v) is 3.16. The smallest absolute Gasteiger partial charge is 0.269 e. The molecule has 0 spiro atoms. The summed E-state index contributed by atoms with van der Waals surface area (Å²) < 4.78 is 0. The monoisotopic (exact) mass is 294 g/mol. The van der Waals surface area contributed by atoms with E-state index in [4.69, 9.17) is 0 Å². The second-order valence-corrected chi connectivity index (χ2v) is 5.68. The van der Waals surface area contributed by atoms with Crippen LogP contribution in [0.1, 0.15) is 12.5 Å². The number of carbonyl (C=O) groups excluding carboxylic acids is 1. The standard InChI is InChI=1S/C17H18N4O/c1-11-15(16(22)21-17(20-11)18-10-19-21)9-13-7-4-6-12-5-2-3-8-14(12)13/h2-8,17-20H,9-10H2,1H3. The molecule has 112 valence electrons. The number of allylic oxidation sites excluding steroid dienone is 1. The maximum atomic E-state index is 12.7. The highest BCUT2D eigenvalue weighted by molar-refractivity contribution is 5.96. The van der Waals surface area contributed by atoms with Crippen LogP contribution in [-0.2, 0) is 11.2 Å². The summed E-state index contributed by atoms with van der Waals surface area (Å²) in [6.45, 7) is 2.56. The van der Waals surface area contributed by atoms with Crippen molar-refractivity contribution >= 4 is 16.7 Å². The van der Waals surface area contributed by atoms with Crippen molar-refractivity contribution in [3.05, 3.63) is 59.3 Å². The number of hydrogen-bond donors (Lipinski definition) is 3. The number of nitrogens with zero attached hydrogens (tertiary/aromatic N) is 1. The zero-order chi connectivity index (χ0) is 15.1. The Bertz CT molecular complexity index is 778. The van der Waals surface area contributed by atoms with Gasteiger partial charge in [-0.25, -0.2) is 10.4 Å². The maximum Gasteiger partial charge on any atom is 0.269 e. The van der Waals surface area contributed by atoms with Crippen LogP contribution in [0, 0.1) is 0 Å². The first kappa shape index (κ1) is 13.3. The van der Waals surface area contributed by atoms with Gasteiger partial charge in [-0.05, 0) is 23.3 Å². The molecule has 3 N–H and O–H groups in total. The Morgan fingerprint density at radius 1 is 1.18 bits per heavy atom. The van der Waals surface area contributed by atoms with E-state index >= 15 is 0 Å². The molecule has 1 atom stereocenters. The molecule has 2 aromatic carbocycles. The minimum Gasteiger partial charge on any atom is -0.355 e. The van der Waals surface area contributed by atoms with Crippen molar-refractivity contribution in [1.82, 2.24) is 21.1 Å². The van der Waals surface area contributed by atoms with Crippen LogP contribution in [0.2, 0.25) is 0 Å². The Morgan fingerprint density at radius 3 is 2.91 bits per heavy atom. The van der Waals surface area contributed by atoms with Gasteiger partial charge in [-0.15, -0.1) is 0 Å². The van der Waals surface area contributed by atoms with Gasteiger partial charge in [0.25, 0.3) is 5.91 Å². The molecule has 2 aliphatic rings. The van der Waals surface area contributed by atoms with Gasteiger partial charge in [0.2, 0.25) is 0 Å². The minimum atomic E-state index is -0.149. The van der Waals surface area contributed by atoms with E-state index < -0.39 is 0 Å². The van der Waals surface area contributed by atoms with Crippen LogP contribution in [0.3, 0.4) is 0 Å². The maximum absolute atomic E-state index is 12.7. The highest BCUT2D eigenvalue weighted by Gasteiger charge is 2.35. The van der Waals surface area contributed by atoms with Crippen LogP contribution in [-0.4, -0.2) is 23.9 Å². The molecular formula is C17H18N4O. The van der Waals surface area contributed by atoms with Crippen LogP contribution in [0.15, 0.2) is 53.7 Å². The van der Waals surface area contributed by atoms with E-state index in [1.54, 1.807) is 5.01 Å². The van der Waals surface area contributed by atoms with Crippen molar-refractivity contribution in [2.45, 2.75) is 19.6 Å². The molecule has 1 amide bonds. The van der Waals surface area contributed by atoms with E-state index in [1.165, 1.54) is 16.3 Å². The summed E-state index contributed by atoms with van der Waals surface area (Å²) in [5.41, 5.74) is 5.98. The lowest BCUT2D eigenvalue weighted by molar-refractivity contribution is -0.132. The molecule has 5 heteroatoms. The third-order valence-corrected chi connectivity index (χ3v) is 4.33. The van der Waals surface area contributed by atoms with Crippen LogP contribution in [0.25, 0.3) is 10.8 Å². The predicted molar refractivity (Wildman–Crippen MR) is 85.3 cm³/mol. The molecule has 0 radical (unpaired) electrons. The SMILES string of the molecule is CC1=C(Cc2cccc3ccccc23)C(=O)N2NCNC2N1. The lowest BCUT2D eigenvalue weighted by Crippen LogP contribution is -2.56. The number of amides is 1. The van der Waals surface area contributed by atoms with Gasteiger partial charge in [0, 0.05) is 17.7 Å². The fourth-order valence-electron chi connectivity index (χ4n) is 3.16. The molecule has 2 heterocycles. The largest absolute Gasteiger partial charge is 0.355 e. The lowest BCUT2D eigenvalue weighted by Gasteiger charge is -2.32.